The third-order valence-electron chi connectivity index (χ3n) is 5.66. The number of azo groups is 1. The van der Waals surface area contributed by atoms with Crippen molar-refractivity contribution in [2.75, 3.05) is 5.73 Å². The van der Waals surface area contributed by atoms with Crippen molar-refractivity contribution in [3.8, 4) is 39.9 Å². The molecule has 0 aliphatic carbocycles. The van der Waals surface area contributed by atoms with Gasteiger partial charge in [-0.2, -0.15) is 15.5 Å². The van der Waals surface area contributed by atoms with Gasteiger partial charge in [-0.25, -0.2) is 4.68 Å². The first kappa shape index (κ1) is 24.1. The minimum Gasteiger partial charge on any atom is -0.506 e. The zero-order valence-electron chi connectivity index (χ0n) is 19.2. The molecule has 5 aromatic rings. The molecule has 0 atom stereocenters. The summed E-state index contributed by atoms with van der Waals surface area (Å²) in [7, 11) is 0. The van der Waals surface area contributed by atoms with E-state index in [-0.39, 0.29) is 22.7 Å². The maximum Gasteiger partial charge on any atom is 0.152 e. The van der Waals surface area contributed by atoms with Gasteiger partial charge >= 0.3 is 0 Å². The van der Waals surface area contributed by atoms with Crippen LogP contribution in [0.25, 0.3) is 28.1 Å². The SMILES string of the molecule is N#Cc1c(-c2cn(-c3ccccc3)nc2-c2ccc(Cl)cc2)cc(O)c(N=Nc2ccc(Cl)cc2)c1N. The first-order valence-corrected chi connectivity index (χ1v) is 11.8. The number of halogens is 2. The van der Waals surface area contributed by atoms with Crippen molar-refractivity contribution in [3.63, 3.8) is 0 Å². The molecule has 180 valence electrons. The number of nitrogens with zero attached hydrogens (tertiary/aromatic N) is 5. The van der Waals surface area contributed by atoms with Gasteiger partial charge in [-0.1, -0.05) is 53.5 Å². The molecule has 0 saturated carbocycles. The molecule has 0 fully saturated rings. The fourth-order valence-electron chi connectivity index (χ4n) is 3.84. The molecule has 3 N–H and O–H groups in total. The van der Waals surface area contributed by atoms with E-state index >= 15 is 0 Å². The summed E-state index contributed by atoms with van der Waals surface area (Å²) in [6.07, 6.45) is 1.79. The molecule has 0 unspecified atom stereocenters. The highest BCUT2D eigenvalue weighted by molar-refractivity contribution is 6.30. The fraction of sp³-hybridized carbons (Fsp3) is 0. The normalized spacial score (nSPS) is 11.1. The summed E-state index contributed by atoms with van der Waals surface area (Å²) in [6, 6.07) is 27.1. The highest BCUT2D eigenvalue weighted by atomic mass is 35.5. The van der Waals surface area contributed by atoms with Gasteiger partial charge in [-0.15, -0.1) is 5.11 Å². The second kappa shape index (κ2) is 10.2. The molecule has 0 aliphatic heterocycles. The number of nitriles is 1. The Balaban J connectivity index is 1.67. The smallest absolute Gasteiger partial charge is 0.152 e. The van der Waals surface area contributed by atoms with Gasteiger partial charge in [-0.3, -0.25) is 0 Å². The number of rotatable bonds is 5. The molecule has 0 amide bonds. The van der Waals surface area contributed by atoms with Crippen LogP contribution in [0.1, 0.15) is 5.56 Å². The van der Waals surface area contributed by atoms with Crippen LogP contribution in [0.2, 0.25) is 10.0 Å². The molecule has 0 spiro atoms. The van der Waals surface area contributed by atoms with Crippen LogP contribution in [0.15, 0.2) is 101 Å². The van der Waals surface area contributed by atoms with Gasteiger partial charge in [0.25, 0.3) is 0 Å². The quantitative estimate of drug-likeness (QED) is 0.178. The molecular formula is C28H18Cl2N6O. The van der Waals surface area contributed by atoms with Crippen LogP contribution in [0.4, 0.5) is 17.1 Å². The van der Waals surface area contributed by atoms with Crippen LogP contribution in [-0.4, -0.2) is 14.9 Å². The number of nitrogens with two attached hydrogens (primary N) is 1. The number of phenolic OH excluding ortho intramolecular Hbond substituents is 1. The topological polar surface area (TPSA) is 113 Å². The number of anilines is 1. The van der Waals surface area contributed by atoms with E-state index in [9.17, 15) is 10.4 Å². The maximum absolute atomic E-state index is 10.9. The van der Waals surface area contributed by atoms with Gasteiger partial charge in [0.05, 0.1) is 22.6 Å². The molecule has 1 aromatic heterocycles. The lowest BCUT2D eigenvalue weighted by atomic mass is 9.95. The van der Waals surface area contributed by atoms with Crippen LogP contribution >= 0.6 is 23.2 Å². The van der Waals surface area contributed by atoms with Crippen molar-refractivity contribution in [1.29, 1.82) is 5.26 Å². The number of nitrogen functional groups attached to an aromatic ring is 1. The third-order valence-corrected chi connectivity index (χ3v) is 6.17. The van der Waals surface area contributed by atoms with E-state index in [2.05, 4.69) is 16.3 Å². The van der Waals surface area contributed by atoms with E-state index in [0.717, 1.165) is 11.3 Å². The second-order valence-corrected chi connectivity index (χ2v) is 8.92. The Bertz CT molecular complexity index is 1650. The summed E-state index contributed by atoms with van der Waals surface area (Å²) < 4.78 is 1.71. The number of aromatic nitrogens is 2. The Morgan fingerprint density at radius 3 is 2.16 bits per heavy atom. The first-order valence-electron chi connectivity index (χ1n) is 11.1. The van der Waals surface area contributed by atoms with Crippen LogP contribution in [0.5, 0.6) is 5.75 Å². The summed E-state index contributed by atoms with van der Waals surface area (Å²) in [5.74, 6) is -0.223. The van der Waals surface area contributed by atoms with E-state index in [1.54, 1.807) is 47.3 Å². The predicted octanol–water partition coefficient (Wildman–Crippen LogP) is 8.09. The van der Waals surface area contributed by atoms with Gasteiger partial charge < -0.3 is 10.8 Å². The highest BCUT2D eigenvalue weighted by Crippen LogP contribution is 2.44. The van der Waals surface area contributed by atoms with Gasteiger partial charge in [0.2, 0.25) is 0 Å². The van der Waals surface area contributed by atoms with Crippen molar-refractivity contribution in [2.24, 2.45) is 10.2 Å². The second-order valence-electron chi connectivity index (χ2n) is 8.05. The lowest BCUT2D eigenvalue weighted by molar-refractivity contribution is 0.477. The molecular weight excluding hydrogens is 507 g/mol. The van der Waals surface area contributed by atoms with Gasteiger partial charge in [0.1, 0.15) is 17.5 Å². The zero-order valence-corrected chi connectivity index (χ0v) is 20.7. The minimum atomic E-state index is -0.223. The zero-order chi connectivity index (χ0) is 25.9. The monoisotopic (exact) mass is 524 g/mol. The Hall–Kier alpha value is -4.64. The van der Waals surface area contributed by atoms with Crippen LogP contribution in [0.3, 0.4) is 0 Å². The van der Waals surface area contributed by atoms with Gasteiger partial charge in [0.15, 0.2) is 5.69 Å². The molecule has 7 nitrogen and oxygen atoms in total. The molecule has 9 heteroatoms. The Labute approximate surface area is 222 Å². The lowest BCUT2D eigenvalue weighted by Gasteiger charge is -2.11. The fourth-order valence-corrected chi connectivity index (χ4v) is 4.09. The average molecular weight is 525 g/mol. The summed E-state index contributed by atoms with van der Waals surface area (Å²) in [6.45, 7) is 0. The Morgan fingerprint density at radius 2 is 1.51 bits per heavy atom. The molecule has 5 rings (SSSR count). The van der Waals surface area contributed by atoms with Crippen molar-refractivity contribution < 1.29 is 5.11 Å². The number of benzene rings is 4. The summed E-state index contributed by atoms with van der Waals surface area (Å²) in [5.41, 5.74) is 10.2. The van der Waals surface area contributed by atoms with E-state index < -0.39 is 0 Å². The van der Waals surface area contributed by atoms with E-state index in [4.69, 9.17) is 34.0 Å². The minimum absolute atomic E-state index is 0.00116. The summed E-state index contributed by atoms with van der Waals surface area (Å²) in [4.78, 5) is 0. The number of hydrogen-bond acceptors (Lipinski definition) is 6. The van der Waals surface area contributed by atoms with Crippen LogP contribution in [0, 0.1) is 11.3 Å². The summed E-state index contributed by atoms with van der Waals surface area (Å²) >= 11 is 12.0. The lowest BCUT2D eigenvalue weighted by Crippen LogP contribution is -1.95. The van der Waals surface area contributed by atoms with Crippen LogP contribution in [-0.2, 0) is 0 Å². The standard InChI is InChI=1S/C28H18Cl2N6O/c29-18-8-6-17(7-9-18)27-24(16-36(35-27)21-4-2-1-3-5-21)22-14-25(37)28(26(32)23(22)15-31)34-33-20-12-10-19(30)11-13-20/h1-14,16,37H,32H2. The molecule has 0 saturated heterocycles. The molecule has 0 radical (unpaired) electrons. The predicted molar refractivity (Wildman–Crippen MR) is 146 cm³/mol. The number of para-hydroxylation sites is 1. The summed E-state index contributed by atoms with van der Waals surface area (Å²) in [5, 5.41) is 35.1. The third kappa shape index (κ3) is 4.89. The average Bonchev–Trinajstić information content (AvgIpc) is 3.35. The molecule has 0 aliphatic rings. The van der Waals surface area contributed by atoms with Crippen LogP contribution < -0.4 is 5.73 Å². The molecule has 0 bridgehead atoms. The maximum atomic E-state index is 10.9. The van der Waals surface area contributed by atoms with Gasteiger partial charge in [0, 0.05) is 32.9 Å². The number of hydrogen-bond donors (Lipinski definition) is 2. The number of phenols is 1. The van der Waals surface area contributed by atoms with E-state index in [0.29, 0.717) is 32.6 Å². The van der Waals surface area contributed by atoms with Gasteiger partial charge in [-0.05, 0) is 54.6 Å². The largest absolute Gasteiger partial charge is 0.506 e. The van der Waals surface area contributed by atoms with E-state index in [1.165, 1.54) is 6.07 Å². The number of aromatic hydroxyl groups is 1. The molecule has 4 aromatic carbocycles. The van der Waals surface area contributed by atoms with Crippen molar-refractivity contribution in [1.82, 2.24) is 9.78 Å². The van der Waals surface area contributed by atoms with E-state index in [1.807, 2.05) is 42.5 Å². The highest BCUT2D eigenvalue weighted by Gasteiger charge is 2.22. The Kier molecular flexibility index (Phi) is 6.60. The van der Waals surface area contributed by atoms with Crippen molar-refractivity contribution in [2.45, 2.75) is 0 Å². The van der Waals surface area contributed by atoms with Crippen molar-refractivity contribution in [3.05, 3.63) is 107 Å². The Morgan fingerprint density at radius 1 is 0.865 bits per heavy atom. The first-order chi connectivity index (χ1) is 17.9. The molecule has 1 heterocycles. The van der Waals surface area contributed by atoms with Crippen molar-refractivity contribution >= 4 is 40.3 Å². The molecule has 37 heavy (non-hydrogen) atoms.